The molecule has 328 valence electrons. The Hall–Kier alpha value is -1.63. The molecule has 0 aromatic rings. The molecular formula is C46H85NO9. The van der Waals surface area contributed by atoms with E-state index in [1.54, 1.807) is 6.08 Å². The van der Waals surface area contributed by atoms with E-state index in [0.29, 0.717) is 19.3 Å². The number of hydrogen-bond donors (Lipinski definition) is 7. The largest absolute Gasteiger partial charge is 0.394 e. The normalized spacial score (nSPS) is 22.0. The number of carbonyl (C=O) groups excluding carboxylic acids is 1. The van der Waals surface area contributed by atoms with Gasteiger partial charge >= 0.3 is 0 Å². The Morgan fingerprint density at radius 1 is 0.607 bits per heavy atom. The van der Waals surface area contributed by atoms with Gasteiger partial charge in [0.05, 0.1) is 25.4 Å². The van der Waals surface area contributed by atoms with E-state index in [-0.39, 0.29) is 6.61 Å². The molecule has 0 aromatic carbocycles. The number of nitrogens with one attached hydrogen (secondary N) is 1. The van der Waals surface area contributed by atoms with Crippen LogP contribution in [0, 0.1) is 0 Å². The van der Waals surface area contributed by atoms with Crippen LogP contribution in [-0.2, 0) is 14.3 Å². The summed E-state index contributed by atoms with van der Waals surface area (Å²) in [6.45, 7) is 3.55. The molecule has 0 saturated carbocycles. The van der Waals surface area contributed by atoms with Crippen molar-refractivity contribution < 1.29 is 44.9 Å². The molecule has 1 saturated heterocycles. The third kappa shape index (κ3) is 26.4. The molecule has 8 atom stereocenters. The van der Waals surface area contributed by atoms with Crippen molar-refractivity contribution in [1.82, 2.24) is 5.32 Å². The van der Waals surface area contributed by atoms with Gasteiger partial charge in [0.15, 0.2) is 6.29 Å². The molecule has 0 spiro atoms. The van der Waals surface area contributed by atoms with Crippen LogP contribution in [0.4, 0.5) is 0 Å². The lowest BCUT2D eigenvalue weighted by Crippen LogP contribution is -2.60. The highest BCUT2D eigenvalue weighted by molar-refractivity contribution is 5.80. The molecule has 1 fully saturated rings. The number of aliphatic hydroxyl groups excluding tert-OH is 6. The summed E-state index contributed by atoms with van der Waals surface area (Å²) < 4.78 is 11.1. The minimum Gasteiger partial charge on any atom is -0.394 e. The first-order valence-corrected chi connectivity index (χ1v) is 22.8. The predicted molar refractivity (Wildman–Crippen MR) is 227 cm³/mol. The van der Waals surface area contributed by atoms with Gasteiger partial charge in [0, 0.05) is 0 Å². The fourth-order valence-corrected chi connectivity index (χ4v) is 7.02. The molecule has 1 aliphatic rings. The van der Waals surface area contributed by atoms with Crippen LogP contribution < -0.4 is 5.32 Å². The van der Waals surface area contributed by atoms with Crippen LogP contribution in [0.25, 0.3) is 0 Å². The summed E-state index contributed by atoms with van der Waals surface area (Å²) >= 11 is 0. The van der Waals surface area contributed by atoms with Crippen molar-refractivity contribution in [3.05, 3.63) is 36.5 Å². The van der Waals surface area contributed by atoms with Gasteiger partial charge in [0.25, 0.3) is 0 Å². The Balaban J connectivity index is 2.42. The molecule has 0 aromatic heterocycles. The van der Waals surface area contributed by atoms with Crippen molar-refractivity contribution >= 4 is 5.91 Å². The summed E-state index contributed by atoms with van der Waals surface area (Å²) in [5, 5.41) is 64.5. The minimum atomic E-state index is -1.62. The van der Waals surface area contributed by atoms with Gasteiger partial charge in [-0.15, -0.1) is 0 Å². The van der Waals surface area contributed by atoms with E-state index in [9.17, 15) is 35.4 Å². The molecule has 1 rings (SSSR count). The zero-order valence-electron chi connectivity index (χ0n) is 35.5. The molecule has 10 heteroatoms. The van der Waals surface area contributed by atoms with E-state index in [2.05, 4.69) is 43.5 Å². The van der Waals surface area contributed by atoms with Crippen molar-refractivity contribution in [2.45, 2.75) is 236 Å². The second-order valence-electron chi connectivity index (χ2n) is 16.0. The van der Waals surface area contributed by atoms with Gasteiger partial charge in [0.2, 0.25) is 5.91 Å². The van der Waals surface area contributed by atoms with Gasteiger partial charge in [-0.3, -0.25) is 4.79 Å². The Bertz CT molecular complexity index is 990. The fourth-order valence-electron chi connectivity index (χ4n) is 7.02. The first-order chi connectivity index (χ1) is 27.3. The summed E-state index contributed by atoms with van der Waals surface area (Å²) in [4.78, 5) is 13.0. The maximum Gasteiger partial charge on any atom is 0.249 e. The zero-order valence-corrected chi connectivity index (χ0v) is 35.5. The van der Waals surface area contributed by atoms with E-state index in [1.807, 2.05) is 6.08 Å². The number of amides is 1. The third-order valence-corrected chi connectivity index (χ3v) is 10.8. The summed E-state index contributed by atoms with van der Waals surface area (Å²) in [5.74, 6) is -0.630. The zero-order chi connectivity index (χ0) is 41.1. The van der Waals surface area contributed by atoms with E-state index in [4.69, 9.17) is 9.47 Å². The summed E-state index contributed by atoms with van der Waals surface area (Å²) in [7, 11) is 0. The van der Waals surface area contributed by atoms with Crippen molar-refractivity contribution in [2.24, 2.45) is 0 Å². The smallest absolute Gasteiger partial charge is 0.249 e. The topological polar surface area (TPSA) is 169 Å². The second kappa shape index (κ2) is 36.4. The molecule has 1 aliphatic heterocycles. The molecule has 0 radical (unpaired) electrons. The lowest BCUT2D eigenvalue weighted by molar-refractivity contribution is -0.302. The third-order valence-electron chi connectivity index (χ3n) is 10.8. The highest BCUT2D eigenvalue weighted by Gasteiger charge is 2.44. The van der Waals surface area contributed by atoms with E-state index < -0.39 is 61.5 Å². The SMILES string of the molecule is CCCCC/C=C/CC/C=C/CC/C=C/C(O)C(COC1OC(CO)C(O)C(O)C1O)NC(=O)C(O)CCCCCCCCCCCCCCCCCCCC. The van der Waals surface area contributed by atoms with Crippen molar-refractivity contribution in [3.8, 4) is 0 Å². The number of ether oxygens (including phenoxy) is 2. The van der Waals surface area contributed by atoms with Crippen molar-refractivity contribution in [1.29, 1.82) is 0 Å². The highest BCUT2D eigenvalue weighted by atomic mass is 16.7. The van der Waals surface area contributed by atoms with Crippen LogP contribution in [-0.4, -0.2) is 98.7 Å². The van der Waals surface area contributed by atoms with Crippen LogP contribution in [0.1, 0.15) is 187 Å². The van der Waals surface area contributed by atoms with Crippen LogP contribution >= 0.6 is 0 Å². The molecular weight excluding hydrogens is 711 g/mol. The quantitative estimate of drug-likeness (QED) is 0.0242. The van der Waals surface area contributed by atoms with E-state index >= 15 is 0 Å². The molecule has 8 unspecified atom stereocenters. The number of unbranched alkanes of at least 4 members (excludes halogenated alkanes) is 22. The Morgan fingerprint density at radius 3 is 1.55 bits per heavy atom. The molecule has 1 amide bonds. The number of aliphatic hydroxyl groups is 6. The molecule has 0 bridgehead atoms. The lowest BCUT2D eigenvalue weighted by Gasteiger charge is -2.40. The van der Waals surface area contributed by atoms with Gasteiger partial charge in [-0.25, -0.2) is 0 Å². The lowest BCUT2D eigenvalue weighted by atomic mass is 9.99. The minimum absolute atomic E-state index is 0.303. The summed E-state index contributed by atoms with van der Waals surface area (Å²) in [6, 6.07) is -0.999. The molecule has 56 heavy (non-hydrogen) atoms. The Morgan fingerprint density at radius 2 is 1.05 bits per heavy atom. The molecule has 1 heterocycles. The molecule has 10 nitrogen and oxygen atoms in total. The summed E-state index contributed by atoms with van der Waals surface area (Å²) in [6.07, 6.45) is 33.8. The van der Waals surface area contributed by atoms with Gasteiger partial charge < -0.3 is 45.4 Å². The first-order valence-electron chi connectivity index (χ1n) is 22.8. The molecule has 0 aliphatic carbocycles. The predicted octanol–water partition coefficient (Wildman–Crippen LogP) is 8.25. The maximum absolute atomic E-state index is 13.0. The van der Waals surface area contributed by atoms with Crippen LogP contribution in [0.2, 0.25) is 0 Å². The number of allylic oxidation sites excluding steroid dienone is 5. The Kier molecular flexibility index (Phi) is 34.1. The second-order valence-corrected chi connectivity index (χ2v) is 16.0. The van der Waals surface area contributed by atoms with Crippen LogP contribution in [0.3, 0.4) is 0 Å². The average Bonchev–Trinajstić information content (AvgIpc) is 3.20. The summed E-state index contributed by atoms with van der Waals surface area (Å²) in [5.41, 5.74) is 0. The van der Waals surface area contributed by atoms with E-state index in [0.717, 1.165) is 44.9 Å². The number of rotatable bonds is 37. The average molecular weight is 796 g/mol. The maximum atomic E-state index is 13.0. The van der Waals surface area contributed by atoms with Gasteiger partial charge in [0.1, 0.15) is 30.5 Å². The Labute approximate surface area is 341 Å². The first kappa shape index (κ1) is 52.4. The number of hydrogen-bond acceptors (Lipinski definition) is 9. The standard InChI is InChI=1S/C46H85NO9/c1-3-5-7-9-11-13-15-17-18-19-20-21-23-25-27-29-31-33-35-40(50)45(54)47-38(37-55-46-44(53)43(52)42(51)41(36-48)56-46)39(49)34-32-30-28-26-24-22-16-14-12-10-8-6-4-2/h12,14,24,26,32,34,38-44,46,48-53H,3-11,13,15-23,25,27-31,33,35-37H2,1-2H3,(H,47,54)/b14-12+,26-24+,34-32+. The van der Waals surface area contributed by atoms with Gasteiger partial charge in [-0.2, -0.15) is 0 Å². The molecule has 7 N–H and O–H groups in total. The highest BCUT2D eigenvalue weighted by Crippen LogP contribution is 2.22. The monoisotopic (exact) mass is 796 g/mol. The van der Waals surface area contributed by atoms with Gasteiger partial charge in [-0.1, -0.05) is 179 Å². The fraction of sp³-hybridized carbons (Fsp3) is 0.848. The van der Waals surface area contributed by atoms with Crippen molar-refractivity contribution in [3.63, 3.8) is 0 Å². The van der Waals surface area contributed by atoms with Crippen molar-refractivity contribution in [2.75, 3.05) is 13.2 Å². The van der Waals surface area contributed by atoms with E-state index in [1.165, 1.54) is 109 Å². The van der Waals surface area contributed by atoms with Crippen LogP contribution in [0.15, 0.2) is 36.5 Å². The van der Waals surface area contributed by atoms with Gasteiger partial charge in [-0.05, 0) is 44.9 Å². The van der Waals surface area contributed by atoms with Crippen LogP contribution in [0.5, 0.6) is 0 Å². The number of carbonyl (C=O) groups is 1.